The zero-order chi connectivity index (χ0) is 13.7. The Morgan fingerprint density at radius 1 is 1.15 bits per heavy atom. The van der Waals surface area contributed by atoms with Crippen molar-refractivity contribution in [3.8, 4) is 0 Å². The van der Waals surface area contributed by atoms with Crippen molar-refractivity contribution in [3.63, 3.8) is 0 Å². The predicted octanol–water partition coefficient (Wildman–Crippen LogP) is 2.40. The molecule has 2 N–H and O–H groups in total. The van der Waals surface area contributed by atoms with E-state index in [9.17, 15) is 4.21 Å². The molecule has 3 atom stereocenters. The van der Waals surface area contributed by atoms with E-state index in [-0.39, 0.29) is 24.0 Å². The van der Waals surface area contributed by atoms with E-state index in [0.717, 1.165) is 31.1 Å². The van der Waals surface area contributed by atoms with E-state index in [1.54, 1.807) is 0 Å². The van der Waals surface area contributed by atoms with Gasteiger partial charge in [-0.25, -0.2) is 0 Å². The zero-order valence-corrected chi connectivity index (χ0v) is 15.7. The quantitative estimate of drug-likeness (QED) is 0.414. The van der Waals surface area contributed by atoms with Gasteiger partial charge >= 0.3 is 0 Å². The van der Waals surface area contributed by atoms with E-state index in [2.05, 4.69) is 22.5 Å². The standard InChI is InChI=1S/C14H27N3OS.HI/c1-3-15-14(16-11-8-9-11)17-12-6-5-7-13(10-12)19(18)4-2;/h11-13H,3-10H2,1-2H3,(H2,15,16,17);1H. The third-order valence-corrected chi connectivity index (χ3v) is 5.60. The largest absolute Gasteiger partial charge is 0.354 e. The van der Waals surface area contributed by atoms with Crippen molar-refractivity contribution in [2.24, 2.45) is 4.99 Å². The molecule has 0 aliphatic heterocycles. The van der Waals surface area contributed by atoms with Crippen LogP contribution in [0, 0.1) is 0 Å². The van der Waals surface area contributed by atoms with Crippen molar-refractivity contribution >= 4 is 40.7 Å². The third-order valence-electron chi connectivity index (χ3n) is 3.86. The lowest BCUT2D eigenvalue weighted by Gasteiger charge is -2.30. The molecule has 4 nitrogen and oxygen atoms in total. The van der Waals surface area contributed by atoms with Gasteiger partial charge < -0.3 is 10.6 Å². The average Bonchev–Trinajstić information content (AvgIpc) is 3.22. The van der Waals surface area contributed by atoms with Crippen LogP contribution in [0.15, 0.2) is 4.99 Å². The van der Waals surface area contributed by atoms with Gasteiger partial charge in [-0.05, 0) is 39.0 Å². The Kier molecular flexibility index (Phi) is 8.39. The van der Waals surface area contributed by atoms with Crippen LogP contribution in [0.4, 0.5) is 0 Å². The van der Waals surface area contributed by atoms with Crippen LogP contribution in [0.2, 0.25) is 0 Å². The summed E-state index contributed by atoms with van der Waals surface area (Å²) in [4.78, 5) is 4.51. The Balaban J connectivity index is 0.00000200. The third kappa shape index (κ3) is 5.87. The molecule has 2 rings (SSSR count). The molecule has 118 valence electrons. The van der Waals surface area contributed by atoms with Gasteiger partial charge in [0.05, 0.1) is 0 Å². The number of rotatable bonds is 5. The molecule has 3 unspecified atom stereocenters. The minimum atomic E-state index is -0.651. The second kappa shape index (κ2) is 9.23. The van der Waals surface area contributed by atoms with Crippen LogP contribution in [0.1, 0.15) is 52.4 Å². The zero-order valence-electron chi connectivity index (χ0n) is 12.6. The Morgan fingerprint density at radius 3 is 2.45 bits per heavy atom. The summed E-state index contributed by atoms with van der Waals surface area (Å²) >= 11 is 0. The van der Waals surface area contributed by atoms with E-state index in [1.165, 1.54) is 25.7 Å². The molecule has 2 fully saturated rings. The smallest absolute Gasteiger partial charge is 0.191 e. The maximum Gasteiger partial charge on any atom is 0.191 e. The molecule has 0 aromatic carbocycles. The van der Waals surface area contributed by atoms with E-state index < -0.39 is 10.8 Å². The first-order chi connectivity index (χ1) is 9.22. The van der Waals surface area contributed by atoms with Crippen LogP contribution < -0.4 is 10.6 Å². The molecule has 0 amide bonds. The summed E-state index contributed by atoms with van der Waals surface area (Å²) < 4.78 is 11.9. The van der Waals surface area contributed by atoms with Crippen molar-refractivity contribution < 1.29 is 4.21 Å². The molecule has 0 aromatic heterocycles. The Morgan fingerprint density at radius 2 is 1.85 bits per heavy atom. The minimum absolute atomic E-state index is 0. The summed E-state index contributed by atoms with van der Waals surface area (Å²) in [5, 5.41) is 7.38. The average molecular weight is 413 g/mol. The van der Waals surface area contributed by atoms with Crippen LogP contribution in [-0.4, -0.2) is 39.8 Å². The van der Waals surface area contributed by atoms with Crippen LogP contribution in [0.3, 0.4) is 0 Å². The lowest BCUT2D eigenvalue weighted by molar-refractivity contribution is 0.413. The molecule has 0 aromatic rings. The highest BCUT2D eigenvalue weighted by Gasteiger charge is 2.27. The fraction of sp³-hybridized carbons (Fsp3) is 0.929. The van der Waals surface area contributed by atoms with Crippen LogP contribution >= 0.6 is 24.0 Å². The molecule has 0 heterocycles. The van der Waals surface area contributed by atoms with E-state index in [4.69, 9.17) is 0 Å². The van der Waals surface area contributed by atoms with Crippen molar-refractivity contribution in [1.29, 1.82) is 0 Å². The maximum atomic E-state index is 11.9. The lowest BCUT2D eigenvalue weighted by Crippen LogP contribution is -2.47. The second-order valence-corrected chi connectivity index (χ2v) is 7.55. The maximum absolute atomic E-state index is 11.9. The number of nitrogens with zero attached hydrogens (tertiary/aromatic N) is 1. The van der Waals surface area contributed by atoms with Crippen molar-refractivity contribution in [3.05, 3.63) is 0 Å². The molecule has 6 heteroatoms. The van der Waals surface area contributed by atoms with Gasteiger partial charge in [0, 0.05) is 40.4 Å². The molecule has 2 aliphatic rings. The minimum Gasteiger partial charge on any atom is -0.354 e. The van der Waals surface area contributed by atoms with Crippen molar-refractivity contribution in [2.45, 2.75) is 69.7 Å². The van der Waals surface area contributed by atoms with Gasteiger partial charge in [0.1, 0.15) is 0 Å². The first kappa shape index (κ1) is 18.2. The number of nitrogens with one attached hydrogen (secondary N) is 2. The summed E-state index contributed by atoms with van der Waals surface area (Å²) in [7, 11) is -0.651. The second-order valence-electron chi connectivity index (χ2n) is 5.54. The molecule has 0 bridgehead atoms. The van der Waals surface area contributed by atoms with Crippen LogP contribution in [0.5, 0.6) is 0 Å². The van der Waals surface area contributed by atoms with Gasteiger partial charge in [-0.3, -0.25) is 9.20 Å². The predicted molar refractivity (Wildman–Crippen MR) is 97.4 cm³/mol. The van der Waals surface area contributed by atoms with Crippen LogP contribution in [0.25, 0.3) is 0 Å². The summed E-state index contributed by atoms with van der Waals surface area (Å²) in [5.41, 5.74) is 0. The van der Waals surface area contributed by atoms with E-state index in [1.807, 2.05) is 6.92 Å². The SMILES string of the molecule is CCN=C(NC1CC1)NC1CCCC(S(=O)CC)C1.I. The Labute approximate surface area is 142 Å². The van der Waals surface area contributed by atoms with E-state index in [0.29, 0.717) is 17.3 Å². The van der Waals surface area contributed by atoms with Gasteiger partial charge in [0.25, 0.3) is 0 Å². The summed E-state index contributed by atoms with van der Waals surface area (Å²) in [6.45, 7) is 4.89. The molecule has 20 heavy (non-hydrogen) atoms. The normalized spacial score (nSPS) is 28.4. The first-order valence-corrected chi connectivity index (χ1v) is 9.05. The molecule has 0 spiro atoms. The highest BCUT2D eigenvalue weighted by molar-refractivity contribution is 14.0. The van der Waals surface area contributed by atoms with Crippen molar-refractivity contribution in [2.75, 3.05) is 12.3 Å². The highest BCUT2D eigenvalue weighted by atomic mass is 127. The number of halogens is 1. The Hall–Kier alpha value is 0.150. The highest BCUT2D eigenvalue weighted by Crippen LogP contribution is 2.23. The van der Waals surface area contributed by atoms with Gasteiger partial charge in [-0.15, -0.1) is 24.0 Å². The van der Waals surface area contributed by atoms with Gasteiger partial charge in [0.15, 0.2) is 5.96 Å². The lowest BCUT2D eigenvalue weighted by atomic mass is 9.95. The summed E-state index contributed by atoms with van der Waals surface area (Å²) in [6.07, 6.45) is 7.02. The summed E-state index contributed by atoms with van der Waals surface area (Å²) in [6, 6.07) is 1.06. The number of aliphatic imine (C=N–C) groups is 1. The number of hydrogen-bond acceptors (Lipinski definition) is 2. The first-order valence-electron chi connectivity index (χ1n) is 7.67. The fourth-order valence-corrected chi connectivity index (χ4v) is 4.00. The molecule has 0 radical (unpaired) electrons. The van der Waals surface area contributed by atoms with Gasteiger partial charge in [-0.2, -0.15) is 0 Å². The number of guanidine groups is 1. The Bertz CT molecular complexity index is 347. The number of hydrogen-bond donors (Lipinski definition) is 2. The molecular formula is C14H28IN3OS. The van der Waals surface area contributed by atoms with Gasteiger partial charge in [0.2, 0.25) is 0 Å². The van der Waals surface area contributed by atoms with E-state index >= 15 is 0 Å². The topological polar surface area (TPSA) is 53.5 Å². The monoisotopic (exact) mass is 413 g/mol. The molecular weight excluding hydrogens is 385 g/mol. The van der Waals surface area contributed by atoms with Crippen LogP contribution in [-0.2, 0) is 10.8 Å². The summed E-state index contributed by atoms with van der Waals surface area (Å²) in [5.74, 6) is 1.74. The van der Waals surface area contributed by atoms with Gasteiger partial charge in [-0.1, -0.05) is 13.3 Å². The molecule has 2 aliphatic carbocycles. The molecule has 0 saturated heterocycles. The fourth-order valence-electron chi connectivity index (χ4n) is 2.66. The van der Waals surface area contributed by atoms with Crippen molar-refractivity contribution in [1.82, 2.24) is 10.6 Å². The molecule has 2 saturated carbocycles.